The van der Waals surface area contributed by atoms with E-state index in [1.54, 1.807) is 24.5 Å². The molecule has 1 saturated heterocycles. The summed E-state index contributed by atoms with van der Waals surface area (Å²) in [5, 5.41) is 7.49. The van der Waals surface area contributed by atoms with E-state index in [-0.39, 0.29) is 35.6 Å². The molecule has 2 amide bonds. The van der Waals surface area contributed by atoms with Crippen LogP contribution in [-0.4, -0.2) is 49.2 Å². The molecule has 1 aliphatic rings. The second kappa shape index (κ2) is 10.8. The van der Waals surface area contributed by atoms with Gasteiger partial charge < -0.3 is 10.6 Å². The summed E-state index contributed by atoms with van der Waals surface area (Å²) in [5.74, 6) is -0.541. The number of fused-ring (bicyclic) bond motifs is 1. The number of carbonyl (C=O) groups is 2. The molecule has 0 radical (unpaired) electrons. The van der Waals surface area contributed by atoms with E-state index in [2.05, 4.69) is 15.6 Å². The van der Waals surface area contributed by atoms with Gasteiger partial charge in [-0.05, 0) is 53.4 Å². The van der Waals surface area contributed by atoms with E-state index < -0.39 is 10.0 Å². The van der Waals surface area contributed by atoms with Crippen molar-refractivity contribution >= 4 is 32.6 Å². The highest BCUT2D eigenvalue weighted by molar-refractivity contribution is 7.89. The van der Waals surface area contributed by atoms with E-state index >= 15 is 0 Å². The summed E-state index contributed by atoms with van der Waals surface area (Å²) in [6.45, 7) is 1.25. The lowest BCUT2D eigenvalue weighted by molar-refractivity contribution is -0.126. The van der Waals surface area contributed by atoms with Crippen LogP contribution in [0, 0.1) is 5.92 Å². The maximum absolute atomic E-state index is 13.1. The quantitative estimate of drug-likeness (QED) is 0.515. The standard InChI is InChI=1S/C25H28N4O4S/c30-24(28-18-19-7-12-26-13-8-19)9-14-27-25(31)21-10-15-29(16-11-21)34(32,33)23-6-5-20-3-1-2-4-22(20)17-23/h1-8,12-13,17,21H,9-11,14-16,18H2,(H,27,31)(H,28,30). The Hall–Kier alpha value is -3.30. The van der Waals surface area contributed by atoms with Gasteiger partial charge in [0, 0.05) is 50.9 Å². The first-order chi connectivity index (χ1) is 16.4. The average molecular weight is 481 g/mol. The Morgan fingerprint density at radius 2 is 1.65 bits per heavy atom. The fraction of sp³-hybridized carbons (Fsp3) is 0.320. The molecule has 8 nitrogen and oxygen atoms in total. The van der Waals surface area contributed by atoms with Gasteiger partial charge in [0.1, 0.15) is 0 Å². The van der Waals surface area contributed by atoms with Gasteiger partial charge in [0.05, 0.1) is 4.90 Å². The SMILES string of the molecule is O=C(CCNC(=O)C1CCN(S(=O)(=O)c2ccc3ccccc3c2)CC1)NCc1ccncc1. The van der Waals surface area contributed by atoms with Crippen LogP contribution < -0.4 is 10.6 Å². The van der Waals surface area contributed by atoms with Crippen LogP contribution in [0.3, 0.4) is 0 Å². The molecular formula is C25H28N4O4S. The fourth-order valence-electron chi connectivity index (χ4n) is 4.07. The number of nitrogens with zero attached hydrogens (tertiary/aromatic N) is 2. The Labute approximate surface area is 199 Å². The highest BCUT2D eigenvalue weighted by Crippen LogP contribution is 2.26. The van der Waals surface area contributed by atoms with Gasteiger partial charge in [0.2, 0.25) is 21.8 Å². The first-order valence-corrected chi connectivity index (χ1v) is 12.8. The minimum atomic E-state index is -3.62. The Kier molecular flexibility index (Phi) is 7.54. The smallest absolute Gasteiger partial charge is 0.243 e. The van der Waals surface area contributed by atoms with E-state index in [1.165, 1.54) is 4.31 Å². The molecule has 0 atom stereocenters. The van der Waals surface area contributed by atoms with Gasteiger partial charge in [-0.25, -0.2) is 8.42 Å². The van der Waals surface area contributed by atoms with Gasteiger partial charge in [-0.2, -0.15) is 4.31 Å². The van der Waals surface area contributed by atoms with E-state index in [1.807, 2.05) is 42.5 Å². The second-order valence-corrected chi connectivity index (χ2v) is 10.3. The second-order valence-electron chi connectivity index (χ2n) is 8.36. The van der Waals surface area contributed by atoms with Crippen LogP contribution in [0.25, 0.3) is 10.8 Å². The molecule has 0 unspecified atom stereocenters. The molecule has 9 heteroatoms. The molecule has 178 valence electrons. The third kappa shape index (κ3) is 5.78. The number of carbonyl (C=O) groups excluding carboxylic acids is 2. The Morgan fingerprint density at radius 1 is 0.941 bits per heavy atom. The molecule has 2 N–H and O–H groups in total. The number of aromatic nitrogens is 1. The van der Waals surface area contributed by atoms with Crippen LogP contribution in [-0.2, 0) is 26.2 Å². The Balaban J connectivity index is 1.22. The van der Waals surface area contributed by atoms with E-state index in [0.29, 0.717) is 32.5 Å². The van der Waals surface area contributed by atoms with Gasteiger partial charge in [0.25, 0.3) is 0 Å². The highest BCUT2D eigenvalue weighted by atomic mass is 32.2. The van der Waals surface area contributed by atoms with Crippen LogP contribution in [0.2, 0.25) is 0 Å². The largest absolute Gasteiger partial charge is 0.355 e. The van der Waals surface area contributed by atoms with Crippen molar-refractivity contribution in [3.63, 3.8) is 0 Å². The summed E-state index contributed by atoms with van der Waals surface area (Å²) in [7, 11) is -3.62. The van der Waals surface area contributed by atoms with Crippen molar-refractivity contribution in [2.75, 3.05) is 19.6 Å². The first kappa shape index (κ1) is 23.8. The molecule has 2 heterocycles. The van der Waals surface area contributed by atoms with Crippen molar-refractivity contribution in [1.29, 1.82) is 0 Å². The summed E-state index contributed by atoms with van der Waals surface area (Å²) in [4.78, 5) is 28.7. The van der Waals surface area contributed by atoms with Crippen molar-refractivity contribution in [3.05, 3.63) is 72.6 Å². The summed E-state index contributed by atoms with van der Waals surface area (Å²) in [5.41, 5.74) is 0.956. The number of rotatable bonds is 8. The molecule has 1 aromatic heterocycles. The molecule has 3 aromatic rings. The number of hydrogen-bond acceptors (Lipinski definition) is 5. The topological polar surface area (TPSA) is 108 Å². The number of benzene rings is 2. The minimum absolute atomic E-state index is 0.135. The van der Waals surface area contributed by atoms with Gasteiger partial charge in [-0.1, -0.05) is 30.3 Å². The average Bonchev–Trinajstić information content (AvgIpc) is 2.87. The number of pyridine rings is 1. The van der Waals surface area contributed by atoms with Crippen molar-refractivity contribution in [2.45, 2.75) is 30.7 Å². The van der Waals surface area contributed by atoms with Crippen LogP contribution in [0.5, 0.6) is 0 Å². The zero-order valence-electron chi connectivity index (χ0n) is 18.8. The molecule has 0 bridgehead atoms. The minimum Gasteiger partial charge on any atom is -0.355 e. The summed E-state index contributed by atoms with van der Waals surface area (Å²) in [6.07, 6.45) is 4.42. The van der Waals surface area contributed by atoms with Crippen molar-refractivity contribution in [1.82, 2.24) is 19.9 Å². The molecule has 0 aliphatic carbocycles. The zero-order chi connectivity index (χ0) is 24.0. The number of hydrogen-bond donors (Lipinski definition) is 2. The third-order valence-corrected chi connectivity index (χ3v) is 7.97. The summed E-state index contributed by atoms with van der Waals surface area (Å²) in [6, 6.07) is 16.4. The maximum atomic E-state index is 13.1. The number of amides is 2. The lowest BCUT2D eigenvalue weighted by Gasteiger charge is -2.30. The third-order valence-electron chi connectivity index (χ3n) is 6.07. The van der Waals surface area contributed by atoms with Gasteiger partial charge in [-0.3, -0.25) is 14.6 Å². The number of nitrogens with one attached hydrogen (secondary N) is 2. The molecular weight excluding hydrogens is 452 g/mol. The first-order valence-electron chi connectivity index (χ1n) is 11.4. The van der Waals surface area contributed by atoms with Crippen molar-refractivity contribution in [2.24, 2.45) is 5.92 Å². The van der Waals surface area contributed by atoms with Gasteiger partial charge >= 0.3 is 0 Å². The summed E-state index contributed by atoms with van der Waals surface area (Å²) < 4.78 is 27.6. The van der Waals surface area contributed by atoms with E-state index in [0.717, 1.165) is 16.3 Å². The predicted molar refractivity (Wildman–Crippen MR) is 129 cm³/mol. The maximum Gasteiger partial charge on any atom is 0.243 e. The highest BCUT2D eigenvalue weighted by Gasteiger charge is 2.32. The zero-order valence-corrected chi connectivity index (χ0v) is 19.6. The summed E-state index contributed by atoms with van der Waals surface area (Å²) >= 11 is 0. The fourth-order valence-corrected chi connectivity index (χ4v) is 5.57. The van der Waals surface area contributed by atoms with E-state index in [4.69, 9.17) is 0 Å². The molecule has 0 spiro atoms. The van der Waals surface area contributed by atoms with Crippen molar-refractivity contribution < 1.29 is 18.0 Å². The number of piperidine rings is 1. The Bertz CT molecular complexity index is 1260. The van der Waals surface area contributed by atoms with Gasteiger partial charge in [-0.15, -0.1) is 0 Å². The molecule has 1 aliphatic heterocycles. The van der Waals surface area contributed by atoms with Crippen LogP contribution in [0.4, 0.5) is 0 Å². The van der Waals surface area contributed by atoms with Crippen LogP contribution in [0.1, 0.15) is 24.8 Å². The monoisotopic (exact) mass is 480 g/mol. The van der Waals surface area contributed by atoms with Crippen molar-refractivity contribution in [3.8, 4) is 0 Å². The predicted octanol–water partition coefficient (Wildman–Crippen LogP) is 2.46. The van der Waals surface area contributed by atoms with E-state index in [9.17, 15) is 18.0 Å². The normalized spacial score (nSPS) is 15.2. The number of sulfonamides is 1. The van der Waals surface area contributed by atoms with Gasteiger partial charge in [0.15, 0.2) is 0 Å². The molecule has 0 saturated carbocycles. The van der Waals surface area contributed by atoms with Crippen LogP contribution >= 0.6 is 0 Å². The Morgan fingerprint density at radius 3 is 2.38 bits per heavy atom. The van der Waals surface area contributed by atoms with Crippen LogP contribution in [0.15, 0.2) is 71.9 Å². The molecule has 4 rings (SSSR count). The molecule has 34 heavy (non-hydrogen) atoms. The molecule has 1 fully saturated rings. The lowest BCUT2D eigenvalue weighted by atomic mass is 9.97. The lowest BCUT2D eigenvalue weighted by Crippen LogP contribution is -2.43. The molecule has 2 aromatic carbocycles.